The number of hydrogen-bond acceptors (Lipinski definition) is 4. The first-order chi connectivity index (χ1) is 12.7. The Labute approximate surface area is 162 Å². The molecule has 7 heteroatoms. The van der Waals surface area contributed by atoms with Crippen LogP contribution in [0.3, 0.4) is 0 Å². The second kappa shape index (κ2) is 7.80. The van der Waals surface area contributed by atoms with Gasteiger partial charge in [-0.15, -0.1) is 0 Å². The minimum atomic E-state index is -2.97. The SMILES string of the molecule is CN=C(NCC1(CS(C)(=O)=O)CC1)N1CCOC(c2ccc(C)cc2C)C1. The van der Waals surface area contributed by atoms with E-state index in [1.165, 1.54) is 22.9 Å². The van der Waals surface area contributed by atoms with Crippen molar-refractivity contribution >= 4 is 15.8 Å². The highest BCUT2D eigenvalue weighted by molar-refractivity contribution is 7.90. The van der Waals surface area contributed by atoms with Crippen LogP contribution in [0.15, 0.2) is 23.2 Å². The number of hydrogen-bond donors (Lipinski definition) is 1. The van der Waals surface area contributed by atoms with E-state index in [0.29, 0.717) is 13.2 Å². The first kappa shape index (κ1) is 20.1. The van der Waals surface area contributed by atoms with E-state index in [1.54, 1.807) is 7.05 Å². The molecule has 1 atom stereocenters. The highest BCUT2D eigenvalue weighted by Crippen LogP contribution is 2.46. The maximum atomic E-state index is 11.7. The van der Waals surface area contributed by atoms with E-state index in [9.17, 15) is 8.42 Å². The molecule has 0 bridgehead atoms. The van der Waals surface area contributed by atoms with Crippen LogP contribution in [0, 0.1) is 19.3 Å². The molecule has 27 heavy (non-hydrogen) atoms. The molecular weight excluding hydrogens is 362 g/mol. The van der Waals surface area contributed by atoms with E-state index >= 15 is 0 Å². The minimum Gasteiger partial charge on any atom is -0.370 e. The quantitative estimate of drug-likeness (QED) is 0.613. The van der Waals surface area contributed by atoms with Crippen molar-refractivity contribution in [2.24, 2.45) is 10.4 Å². The molecule has 1 aliphatic carbocycles. The Kier molecular flexibility index (Phi) is 5.82. The fraction of sp³-hybridized carbons (Fsp3) is 0.650. The molecule has 3 rings (SSSR count). The number of nitrogens with one attached hydrogen (secondary N) is 1. The molecule has 1 saturated carbocycles. The molecule has 0 radical (unpaired) electrons. The van der Waals surface area contributed by atoms with Gasteiger partial charge in [0.25, 0.3) is 0 Å². The third kappa shape index (κ3) is 5.23. The van der Waals surface area contributed by atoms with Crippen molar-refractivity contribution < 1.29 is 13.2 Å². The van der Waals surface area contributed by atoms with Crippen LogP contribution in [0.4, 0.5) is 0 Å². The zero-order chi connectivity index (χ0) is 19.7. The van der Waals surface area contributed by atoms with Crippen molar-refractivity contribution in [2.45, 2.75) is 32.8 Å². The summed E-state index contributed by atoms with van der Waals surface area (Å²) in [4.78, 5) is 6.64. The second-order valence-corrected chi connectivity index (χ2v) is 10.3. The first-order valence-corrected chi connectivity index (χ1v) is 11.6. The van der Waals surface area contributed by atoms with E-state index in [0.717, 1.165) is 31.9 Å². The van der Waals surface area contributed by atoms with Gasteiger partial charge >= 0.3 is 0 Å². The number of rotatable bonds is 5. The van der Waals surface area contributed by atoms with Gasteiger partial charge in [-0.25, -0.2) is 8.42 Å². The minimum absolute atomic E-state index is 0.0174. The van der Waals surface area contributed by atoms with Gasteiger partial charge in [0.05, 0.1) is 18.9 Å². The summed E-state index contributed by atoms with van der Waals surface area (Å²) >= 11 is 0. The van der Waals surface area contributed by atoms with Crippen molar-refractivity contribution in [1.82, 2.24) is 10.2 Å². The normalized spacial score (nSPS) is 22.6. The summed E-state index contributed by atoms with van der Waals surface area (Å²) in [6.45, 7) is 7.04. The first-order valence-electron chi connectivity index (χ1n) is 9.53. The van der Waals surface area contributed by atoms with Crippen LogP contribution < -0.4 is 5.32 Å². The lowest BCUT2D eigenvalue weighted by molar-refractivity contribution is -0.00837. The molecule has 0 aromatic heterocycles. The number of morpholine rings is 1. The van der Waals surface area contributed by atoms with Gasteiger partial charge in [-0.2, -0.15) is 0 Å². The number of benzene rings is 1. The van der Waals surface area contributed by atoms with Crippen molar-refractivity contribution in [3.05, 3.63) is 34.9 Å². The zero-order valence-electron chi connectivity index (χ0n) is 16.8. The molecule has 1 aromatic rings. The average Bonchev–Trinajstić information content (AvgIpc) is 3.33. The number of ether oxygens (including phenoxy) is 1. The Morgan fingerprint density at radius 2 is 2.11 bits per heavy atom. The number of sulfone groups is 1. The summed E-state index contributed by atoms with van der Waals surface area (Å²) in [5, 5.41) is 3.42. The van der Waals surface area contributed by atoms with Gasteiger partial charge in [0.1, 0.15) is 15.9 Å². The molecule has 150 valence electrons. The van der Waals surface area contributed by atoms with E-state index in [2.05, 4.69) is 47.3 Å². The molecule has 1 N–H and O–H groups in total. The molecule has 2 fully saturated rings. The van der Waals surface area contributed by atoms with Gasteiger partial charge < -0.3 is 15.0 Å². The van der Waals surface area contributed by atoms with Gasteiger partial charge in [-0.05, 0) is 37.8 Å². The summed E-state index contributed by atoms with van der Waals surface area (Å²) in [5.41, 5.74) is 3.59. The number of nitrogens with zero attached hydrogens (tertiary/aromatic N) is 2. The van der Waals surface area contributed by atoms with E-state index in [1.807, 2.05) is 0 Å². The maximum Gasteiger partial charge on any atom is 0.193 e. The van der Waals surface area contributed by atoms with Crippen molar-refractivity contribution in [3.8, 4) is 0 Å². The van der Waals surface area contributed by atoms with Crippen LogP contribution in [0.1, 0.15) is 35.6 Å². The lowest BCUT2D eigenvalue weighted by Crippen LogP contribution is -2.49. The van der Waals surface area contributed by atoms with Gasteiger partial charge in [-0.3, -0.25) is 4.99 Å². The molecule has 1 heterocycles. The van der Waals surface area contributed by atoms with Gasteiger partial charge in [-0.1, -0.05) is 23.8 Å². The lowest BCUT2D eigenvalue weighted by Gasteiger charge is -2.36. The molecule has 1 saturated heterocycles. The molecule has 1 unspecified atom stereocenters. The number of aryl methyl sites for hydroxylation is 2. The average molecular weight is 394 g/mol. The van der Waals surface area contributed by atoms with Gasteiger partial charge in [0.15, 0.2) is 5.96 Å². The predicted octanol–water partition coefficient (Wildman–Crippen LogP) is 2.08. The molecule has 1 aliphatic heterocycles. The fourth-order valence-electron chi connectivity index (χ4n) is 3.92. The second-order valence-electron chi connectivity index (χ2n) is 8.14. The summed E-state index contributed by atoms with van der Waals surface area (Å²) < 4.78 is 29.4. The third-order valence-corrected chi connectivity index (χ3v) is 6.63. The molecule has 2 aliphatic rings. The molecule has 0 amide bonds. The third-order valence-electron chi connectivity index (χ3n) is 5.50. The van der Waals surface area contributed by atoms with Crippen molar-refractivity contribution in [3.63, 3.8) is 0 Å². The van der Waals surface area contributed by atoms with Crippen LogP contribution >= 0.6 is 0 Å². The summed E-state index contributed by atoms with van der Waals surface area (Å²) in [5.74, 6) is 1.08. The van der Waals surface area contributed by atoms with Crippen LogP contribution in [0.25, 0.3) is 0 Å². The van der Waals surface area contributed by atoms with Gasteiger partial charge in [0.2, 0.25) is 0 Å². The molecule has 0 spiro atoms. The van der Waals surface area contributed by atoms with Crippen molar-refractivity contribution in [2.75, 3.05) is 45.3 Å². The Morgan fingerprint density at radius 1 is 1.37 bits per heavy atom. The molecule has 1 aromatic carbocycles. The summed E-state index contributed by atoms with van der Waals surface area (Å²) in [6, 6.07) is 6.47. The summed E-state index contributed by atoms with van der Waals surface area (Å²) in [6.07, 6.45) is 3.25. The maximum absolute atomic E-state index is 11.7. The zero-order valence-corrected chi connectivity index (χ0v) is 17.6. The Bertz CT molecular complexity index is 816. The Morgan fingerprint density at radius 3 is 2.70 bits per heavy atom. The summed E-state index contributed by atoms with van der Waals surface area (Å²) in [7, 11) is -1.19. The predicted molar refractivity (Wildman–Crippen MR) is 109 cm³/mol. The highest BCUT2D eigenvalue weighted by Gasteiger charge is 2.45. The van der Waals surface area contributed by atoms with Crippen LogP contribution in [-0.4, -0.2) is 64.6 Å². The monoisotopic (exact) mass is 393 g/mol. The highest BCUT2D eigenvalue weighted by atomic mass is 32.2. The smallest absolute Gasteiger partial charge is 0.193 e. The van der Waals surface area contributed by atoms with Crippen LogP contribution in [0.2, 0.25) is 0 Å². The van der Waals surface area contributed by atoms with Gasteiger partial charge in [0, 0.05) is 31.8 Å². The van der Waals surface area contributed by atoms with E-state index in [-0.39, 0.29) is 17.3 Å². The molecular formula is C20H31N3O3S. The standard InChI is InChI=1S/C20H31N3O3S/c1-15-5-6-17(16(2)11-15)18-12-23(9-10-26-18)19(21-3)22-13-20(7-8-20)14-27(4,24)25/h5-6,11,18H,7-10,12-14H2,1-4H3,(H,21,22). The fourth-order valence-corrected chi connectivity index (χ4v) is 5.42. The van der Waals surface area contributed by atoms with Crippen molar-refractivity contribution in [1.29, 1.82) is 0 Å². The van der Waals surface area contributed by atoms with E-state index < -0.39 is 9.84 Å². The lowest BCUT2D eigenvalue weighted by atomic mass is 10.00. The topological polar surface area (TPSA) is 71.0 Å². The Hall–Kier alpha value is -1.60. The van der Waals surface area contributed by atoms with Crippen LogP contribution in [-0.2, 0) is 14.6 Å². The molecule has 6 nitrogen and oxygen atoms in total. The largest absolute Gasteiger partial charge is 0.370 e. The number of aliphatic imine (C=N–C) groups is 1. The van der Waals surface area contributed by atoms with E-state index in [4.69, 9.17) is 4.74 Å². The van der Waals surface area contributed by atoms with Crippen LogP contribution in [0.5, 0.6) is 0 Å². The number of guanidine groups is 1. The Balaban J connectivity index is 1.64.